The number of nitrogens with one attached hydrogen (secondary N) is 2. The highest BCUT2D eigenvalue weighted by Crippen LogP contribution is 2.53. The van der Waals surface area contributed by atoms with E-state index in [2.05, 4.69) is 36.4 Å². The Bertz CT molecular complexity index is 1020. The van der Waals surface area contributed by atoms with Crippen molar-refractivity contribution in [3.05, 3.63) is 60.4 Å². The number of benzene rings is 1. The van der Waals surface area contributed by atoms with Gasteiger partial charge in [0.25, 0.3) is 0 Å². The summed E-state index contributed by atoms with van der Waals surface area (Å²) in [7, 11) is 0. The molecule has 0 spiro atoms. The first-order valence-corrected chi connectivity index (χ1v) is 13.6. The Morgan fingerprint density at radius 1 is 1.06 bits per heavy atom. The van der Waals surface area contributed by atoms with E-state index in [1.54, 1.807) is 12.4 Å². The number of nitrogens with two attached hydrogens (primary N) is 1. The molecule has 0 saturated heterocycles. The van der Waals surface area contributed by atoms with E-state index in [0.717, 1.165) is 56.2 Å². The number of pyridine rings is 1. The molecule has 194 valence electrons. The maximum absolute atomic E-state index is 13.6. The van der Waals surface area contributed by atoms with Crippen LogP contribution in [0.15, 0.2) is 54.9 Å². The number of carbonyl (C=O) groups is 2. The fraction of sp³-hybridized carbons (Fsp3) is 0.567. The Morgan fingerprint density at radius 2 is 1.75 bits per heavy atom. The zero-order valence-corrected chi connectivity index (χ0v) is 22.0. The molecule has 6 nitrogen and oxygen atoms in total. The van der Waals surface area contributed by atoms with Gasteiger partial charge in [0, 0.05) is 30.7 Å². The van der Waals surface area contributed by atoms with Crippen molar-refractivity contribution in [1.29, 1.82) is 0 Å². The van der Waals surface area contributed by atoms with Crippen LogP contribution in [0.3, 0.4) is 0 Å². The molecule has 2 bridgehead atoms. The molecule has 0 radical (unpaired) electrons. The van der Waals surface area contributed by atoms with Gasteiger partial charge in [-0.2, -0.15) is 0 Å². The lowest BCUT2D eigenvalue weighted by Gasteiger charge is -2.50. The molecule has 0 aliphatic heterocycles. The molecule has 36 heavy (non-hydrogen) atoms. The van der Waals surface area contributed by atoms with Crippen molar-refractivity contribution in [1.82, 2.24) is 10.3 Å². The highest BCUT2D eigenvalue weighted by molar-refractivity contribution is 5.95. The zero-order chi connectivity index (χ0) is 25.8. The van der Waals surface area contributed by atoms with E-state index in [4.69, 9.17) is 5.73 Å². The van der Waals surface area contributed by atoms with Gasteiger partial charge < -0.3 is 16.4 Å². The molecule has 6 heteroatoms. The average Bonchev–Trinajstić information content (AvgIpc) is 2.89. The normalized spacial score (nSPS) is 26.6. The molecule has 2 aliphatic carbocycles. The fourth-order valence-corrected chi connectivity index (χ4v) is 7.12. The van der Waals surface area contributed by atoms with Crippen molar-refractivity contribution < 1.29 is 9.59 Å². The SMILES string of the molecule is CCC(CC)(C(=O)NCC(N)C1CC2CC(C)CC(C(=O)Nc3ccncc3)(C2)C1)c1ccccc1. The van der Waals surface area contributed by atoms with E-state index in [1.165, 1.54) is 0 Å². The number of fused-ring (bicyclic) bond motifs is 2. The summed E-state index contributed by atoms with van der Waals surface area (Å²) in [4.78, 5) is 31.2. The Kier molecular flexibility index (Phi) is 8.13. The van der Waals surface area contributed by atoms with Gasteiger partial charge in [-0.1, -0.05) is 51.1 Å². The van der Waals surface area contributed by atoms with Crippen LogP contribution in [0, 0.1) is 23.2 Å². The number of nitrogens with zero attached hydrogens (tertiary/aromatic N) is 1. The van der Waals surface area contributed by atoms with Gasteiger partial charge in [0.2, 0.25) is 11.8 Å². The smallest absolute Gasteiger partial charge is 0.230 e. The van der Waals surface area contributed by atoms with Gasteiger partial charge in [0.15, 0.2) is 0 Å². The van der Waals surface area contributed by atoms with Crippen LogP contribution in [0.25, 0.3) is 0 Å². The maximum atomic E-state index is 13.6. The van der Waals surface area contributed by atoms with Crippen LogP contribution in [0.2, 0.25) is 0 Å². The number of hydrogen-bond donors (Lipinski definition) is 3. The molecule has 2 amide bonds. The van der Waals surface area contributed by atoms with E-state index in [0.29, 0.717) is 18.4 Å². The Balaban J connectivity index is 1.45. The molecule has 1 aromatic carbocycles. The summed E-state index contributed by atoms with van der Waals surface area (Å²) >= 11 is 0. The fourth-order valence-electron chi connectivity index (χ4n) is 7.12. The van der Waals surface area contributed by atoms with Crippen LogP contribution in [0.4, 0.5) is 5.69 Å². The number of amides is 2. The number of hydrogen-bond acceptors (Lipinski definition) is 4. The standard InChI is InChI=1S/C30H42N4O2/c1-4-30(5-2,24-9-7-6-8-10-24)28(36)33-20-26(31)23-16-22-15-21(3)17-29(18-22,19-23)27(35)34-25-11-13-32-14-12-25/h6-14,21-23,26H,4-5,15-20,31H2,1-3H3,(H,33,36)(H,32,34,35). The number of aromatic nitrogens is 1. The third-order valence-corrected chi connectivity index (χ3v) is 8.94. The van der Waals surface area contributed by atoms with Gasteiger partial charge in [-0.3, -0.25) is 14.6 Å². The van der Waals surface area contributed by atoms with Crippen LogP contribution in [0.5, 0.6) is 0 Å². The minimum Gasteiger partial charge on any atom is -0.354 e. The van der Waals surface area contributed by atoms with Gasteiger partial charge >= 0.3 is 0 Å². The van der Waals surface area contributed by atoms with Gasteiger partial charge in [-0.05, 0) is 80.4 Å². The molecule has 2 saturated carbocycles. The van der Waals surface area contributed by atoms with Gasteiger partial charge in [-0.25, -0.2) is 0 Å². The van der Waals surface area contributed by atoms with E-state index in [9.17, 15) is 9.59 Å². The summed E-state index contributed by atoms with van der Waals surface area (Å²) in [6.45, 7) is 6.84. The third kappa shape index (κ3) is 5.34. The maximum Gasteiger partial charge on any atom is 0.230 e. The van der Waals surface area contributed by atoms with Crippen LogP contribution in [0.1, 0.15) is 71.3 Å². The molecule has 4 N–H and O–H groups in total. The molecular formula is C30H42N4O2. The Hall–Kier alpha value is -2.73. The summed E-state index contributed by atoms with van der Waals surface area (Å²) in [6.07, 6.45) is 9.61. The first kappa shape index (κ1) is 26.3. The lowest BCUT2D eigenvalue weighted by molar-refractivity contribution is -0.134. The van der Waals surface area contributed by atoms with Crippen LogP contribution >= 0.6 is 0 Å². The first-order chi connectivity index (χ1) is 17.3. The van der Waals surface area contributed by atoms with E-state index in [1.807, 2.05) is 42.5 Å². The first-order valence-electron chi connectivity index (χ1n) is 13.6. The second-order valence-corrected chi connectivity index (χ2v) is 11.3. The lowest BCUT2D eigenvalue weighted by Crippen LogP contribution is -2.54. The average molecular weight is 491 g/mol. The monoisotopic (exact) mass is 490 g/mol. The molecule has 5 unspecified atom stereocenters. The largest absolute Gasteiger partial charge is 0.354 e. The van der Waals surface area contributed by atoms with Crippen molar-refractivity contribution in [3.63, 3.8) is 0 Å². The minimum absolute atomic E-state index is 0.0453. The minimum atomic E-state index is -0.550. The van der Waals surface area contributed by atoms with Crippen LogP contribution in [-0.2, 0) is 15.0 Å². The molecule has 1 aromatic heterocycles. The Morgan fingerprint density at radius 3 is 2.42 bits per heavy atom. The highest BCUT2D eigenvalue weighted by Gasteiger charge is 2.51. The number of carbonyl (C=O) groups excluding carboxylic acids is 2. The zero-order valence-electron chi connectivity index (χ0n) is 22.0. The Labute approximate surface area is 215 Å². The number of anilines is 1. The molecule has 5 atom stereocenters. The summed E-state index contributed by atoms with van der Waals surface area (Å²) in [5.74, 6) is 1.36. The van der Waals surface area contributed by atoms with E-state index < -0.39 is 10.8 Å². The molecule has 2 aliphatic rings. The van der Waals surface area contributed by atoms with Crippen molar-refractivity contribution in [3.8, 4) is 0 Å². The van der Waals surface area contributed by atoms with Gasteiger partial charge in [0.05, 0.1) is 10.8 Å². The highest BCUT2D eigenvalue weighted by atomic mass is 16.2. The summed E-state index contributed by atoms with van der Waals surface area (Å²) in [6, 6.07) is 13.5. The topological polar surface area (TPSA) is 97.1 Å². The lowest BCUT2D eigenvalue weighted by atomic mass is 9.55. The van der Waals surface area contributed by atoms with E-state index in [-0.39, 0.29) is 23.8 Å². The van der Waals surface area contributed by atoms with Crippen molar-refractivity contribution >= 4 is 17.5 Å². The molecular weight excluding hydrogens is 448 g/mol. The summed E-state index contributed by atoms with van der Waals surface area (Å²) < 4.78 is 0. The molecule has 2 fully saturated rings. The summed E-state index contributed by atoms with van der Waals surface area (Å²) in [5.41, 5.74) is 7.64. The molecule has 2 aromatic rings. The summed E-state index contributed by atoms with van der Waals surface area (Å²) in [5, 5.41) is 6.36. The van der Waals surface area contributed by atoms with E-state index >= 15 is 0 Å². The predicted molar refractivity (Wildman–Crippen MR) is 144 cm³/mol. The van der Waals surface area contributed by atoms with Gasteiger partial charge in [-0.15, -0.1) is 0 Å². The second kappa shape index (κ2) is 11.1. The molecule has 1 heterocycles. The molecule has 4 rings (SSSR count). The van der Waals surface area contributed by atoms with Gasteiger partial charge in [0.1, 0.15) is 0 Å². The second-order valence-electron chi connectivity index (χ2n) is 11.3. The number of rotatable bonds is 9. The van der Waals surface area contributed by atoms with Crippen LogP contribution < -0.4 is 16.4 Å². The van der Waals surface area contributed by atoms with Crippen molar-refractivity contribution in [2.45, 2.75) is 77.2 Å². The van der Waals surface area contributed by atoms with Crippen molar-refractivity contribution in [2.24, 2.45) is 28.9 Å². The predicted octanol–water partition coefficient (Wildman–Crippen LogP) is 5.05. The van der Waals surface area contributed by atoms with Crippen molar-refractivity contribution in [2.75, 3.05) is 11.9 Å². The van der Waals surface area contributed by atoms with Crippen LogP contribution in [-0.4, -0.2) is 29.4 Å². The quantitative estimate of drug-likeness (QED) is 0.458. The third-order valence-electron chi connectivity index (χ3n) is 8.94.